The summed E-state index contributed by atoms with van der Waals surface area (Å²) in [6, 6.07) is 1.38. The molecule has 0 aliphatic carbocycles. The lowest BCUT2D eigenvalue weighted by atomic mass is 9.93. The number of quaternary nitrogens is 1. The van der Waals surface area contributed by atoms with E-state index in [1.807, 2.05) is 20.8 Å². The second-order valence-electron chi connectivity index (χ2n) is 14.4. The quantitative estimate of drug-likeness (QED) is 0.0253. The molecule has 0 aliphatic heterocycles. The summed E-state index contributed by atoms with van der Waals surface area (Å²) in [4.78, 5) is 0. The fourth-order valence-electron chi connectivity index (χ4n) is 7.33. The van der Waals surface area contributed by atoms with Crippen LogP contribution >= 0.6 is 0 Å². The van der Waals surface area contributed by atoms with Crippen LogP contribution in [-0.2, 0) is 0 Å². The predicted molar refractivity (Wildman–Crippen MR) is 201 cm³/mol. The molecule has 0 spiro atoms. The van der Waals surface area contributed by atoms with Crippen LogP contribution in [0.2, 0.25) is 0 Å². The SMILES string of the molecule is CCCCCCCCCCCCCCCCCC(c1c(OB(Oc2cc(F)c(F)c(F)c2)Oc2cc(F)c(F)c(F)c2)cc(F)c(F)c1F)[N+](CC)(CC)CC. The highest BCUT2D eigenvalue weighted by atomic mass is 19.2. The van der Waals surface area contributed by atoms with Gasteiger partial charge in [0.2, 0.25) is 0 Å². The summed E-state index contributed by atoms with van der Waals surface area (Å²) in [5, 5.41) is 0. The van der Waals surface area contributed by atoms with E-state index >= 15 is 8.78 Å². The molecule has 3 aromatic rings. The average Bonchev–Trinajstić information content (AvgIpc) is 3.17. The molecule has 0 N–H and O–H groups in total. The van der Waals surface area contributed by atoms with Gasteiger partial charge in [0.15, 0.2) is 52.4 Å². The van der Waals surface area contributed by atoms with Crippen LogP contribution in [0.3, 0.4) is 0 Å². The van der Waals surface area contributed by atoms with Gasteiger partial charge in [-0.1, -0.05) is 96.8 Å². The monoisotopic (exact) mass is 804 g/mol. The van der Waals surface area contributed by atoms with Gasteiger partial charge < -0.3 is 18.4 Å². The molecule has 0 saturated carbocycles. The van der Waals surface area contributed by atoms with E-state index in [9.17, 15) is 30.7 Å². The Morgan fingerprint density at radius 3 is 1.18 bits per heavy atom. The second kappa shape index (κ2) is 23.6. The third kappa shape index (κ3) is 13.3. The zero-order chi connectivity index (χ0) is 41.3. The van der Waals surface area contributed by atoms with Gasteiger partial charge >= 0.3 is 7.32 Å². The van der Waals surface area contributed by atoms with E-state index < -0.39 is 83.0 Å². The summed E-state index contributed by atoms with van der Waals surface area (Å²) in [5.41, 5.74) is -0.370. The molecule has 0 amide bonds. The Kier molecular flexibility index (Phi) is 19.8. The van der Waals surface area contributed by atoms with Crippen molar-refractivity contribution in [3.05, 3.63) is 88.3 Å². The Hall–Kier alpha value is -3.55. The van der Waals surface area contributed by atoms with Crippen molar-refractivity contribution in [2.45, 2.75) is 136 Å². The smallest absolute Gasteiger partial charge is 0.489 e. The van der Waals surface area contributed by atoms with Gasteiger partial charge in [-0.3, -0.25) is 0 Å². The van der Waals surface area contributed by atoms with Crippen molar-refractivity contribution in [1.82, 2.24) is 0 Å². The van der Waals surface area contributed by atoms with Gasteiger partial charge in [-0.2, -0.15) is 0 Å². The highest BCUT2D eigenvalue weighted by Crippen LogP contribution is 2.42. The van der Waals surface area contributed by atoms with Gasteiger partial charge in [0.05, 0.1) is 25.2 Å². The number of hydrogen-bond acceptors (Lipinski definition) is 3. The average molecular weight is 805 g/mol. The Morgan fingerprint density at radius 2 is 0.804 bits per heavy atom. The van der Waals surface area contributed by atoms with Crippen molar-refractivity contribution in [2.75, 3.05) is 19.6 Å². The van der Waals surface area contributed by atoms with Gasteiger partial charge in [0, 0.05) is 36.8 Å². The molecular formula is C42H56BF9NO3+. The van der Waals surface area contributed by atoms with Gasteiger partial charge in [-0.25, -0.2) is 39.5 Å². The molecule has 3 rings (SSSR count). The molecule has 0 bridgehead atoms. The minimum absolute atomic E-state index is 0.228. The van der Waals surface area contributed by atoms with E-state index in [2.05, 4.69) is 6.92 Å². The molecule has 1 atom stereocenters. The molecular weight excluding hydrogens is 748 g/mol. The van der Waals surface area contributed by atoms with Gasteiger partial charge in [-0.15, -0.1) is 0 Å². The topological polar surface area (TPSA) is 27.7 Å². The fraction of sp³-hybridized carbons (Fsp3) is 0.571. The maximum atomic E-state index is 16.1. The maximum absolute atomic E-state index is 16.1. The maximum Gasteiger partial charge on any atom is 0.864 e. The van der Waals surface area contributed by atoms with Crippen molar-refractivity contribution >= 4 is 7.32 Å². The number of benzene rings is 3. The molecule has 14 heteroatoms. The summed E-state index contributed by atoms with van der Waals surface area (Å²) in [7, 11) is -2.33. The number of hydrogen-bond donors (Lipinski definition) is 0. The summed E-state index contributed by atoms with van der Waals surface area (Å²) < 4.78 is 147. The van der Waals surface area contributed by atoms with Crippen LogP contribution in [0.4, 0.5) is 39.5 Å². The third-order valence-corrected chi connectivity index (χ3v) is 10.7. The van der Waals surface area contributed by atoms with Gasteiger partial charge in [0.25, 0.3) is 0 Å². The Morgan fingerprint density at radius 1 is 0.446 bits per heavy atom. The molecule has 56 heavy (non-hydrogen) atoms. The first-order valence-corrected chi connectivity index (χ1v) is 20.1. The molecule has 3 aromatic carbocycles. The predicted octanol–water partition coefficient (Wildman–Crippen LogP) is 13.6. The van der Waals surface area contributed by atoms with Gasteiger partial charge in [0.1, 0.15) is 23.3 Å². The third-order valence-electron chi connectivity index (χ3n) is 10.7. The van der Waals surface area contributed by atoms with Crippen LogP contribution in [-0.4, -0.2) is 31.4 Å². The van der Waals surface area contributed by atoms with Crippen LogP contribution in [0.15, 0.2) is 30.3 Å². The first-order valence-electron chi connectivity index (χ1n) is 20.1. The number of halogens is 9. The van der Waals surface area contributed by atoms with Crippen LogP contribution < -0.4 is 14.0 Å². The second-order valence-corrected chi connectivity index (χ2v) is 14.4. The first-order chi connectivity index (χ1) is 26.8. The lowest BCUT2D eigenvalue weighted by Crippen LogP contribution is -2.51. The lowest BCUT2D eigenvalue weighted by molar-refractivity contribution is -0.953. The normalized spacial score (nSPS) is 12.2. The molecule has 0 radical (unpaired) electrons. The summed E-state index contributed by atoms with van der Waals surface area (Å²) in [6.07, 6.45) is 17.4. The van der Waals surface area contributed by atoms with Crippen molar-refractivity contribution < 1.29 is 58.0 Å². The minimum atomic E-state index is -2.33. The van der Waals surface area contributed by atoms with Crippen molar-refractivity contribution in [3.8, 4) is 17.2 Å². The lowest BCUT2D eigenvalue weighted by Gasteiger charge is -2.44. The summed E-state index contributed by atoms with van der Waals surface area (Å²) in [6.45, 7) is 9.26. The number of unbranched alkanes of at least 4 members (excludes halogenated alkanes) is 14. The van der Waals surface area contributed by atoms with Crippen molar-refractivity contribution in [3.63, 3.8) is 0 Å². The van der Waals surface area contributed by atoms with Crippen molar-refractivity contribution in [1.29, 1.82) is 0 Å². The van der Waals surface area contributed by atoms with E-state index in [0.29, 0.717) is 62.8 Å². The molecule has 0 heterocycles. The molecule has 0 fully saturated rings. The van der Waals surface area contributed by atoms with E-state index in [1.165, 1.54) is 57.8 Å². The molecule has 0 saturated heterocycles. The van der Waals surface area contributed by atoms with Crippen molar-refractivity contribution in [2.24, 2.45) is 0 Å². The molecule has 312 valence electrons. The summed E-state index contributed by atoms with van der Waals surface area (Å²) >= 11 is 0. The summed E-state index contributed by atoms with van der Waals surface area (Å²) in [5.74, 6) is -17.5. The fourth-order valence-corrected chi connectivity index (χ4v) is 7.33. The van der Waals surface area contributed by atoms with Gasteiger partial charge in [-0.05, 0) is 27.2 Å². The highest BCUT2D eigenvalue weighted by molar-refractivity contribution is 6.39. The highest BCUT2D eigenvalue weighted by Gasteiger charge is 2.42. The van der Waals surface area contributed by atoms with Crippen LogP contribution in [0.5, 0.6) is 17.2 Å². The molecule has 4 nitrogen and oxygen atoms in total. The number of nitrogens with zero attached hydrogens (tertiary/aromatic N) is 1. The van der Waals surface area contributed by atoms with Crippen LogP contribution in [0, 0.1) is 52.4 Å². The zero-order valence-corrected chi connectivity index (χ0v) is 33.1. The molecule has 1 unspecified atom stereocenters. The largest absolute Gasteiger partial charge is 0.864 e. The zero-order valence-electron chi connectivity index (χ0n) is 33.1. The molecule has 0 aliphatic rings. The van der Waals surface area contributed by atoms with E-state index in [-0.39, 0.29) is 10.0 Å². The van der Waals surface area contributed by atoms with Crippen LogP contribution in [0.25, 0.3) is 0 Å². The Balaban J connectivity index is 1.84. The van der Waals surface area contributed by atoms with E-state index in [0.717, 1.165) is 32.1 Å². The van der Waals surface area contributed by atoms with Crippen LogP contribution in [0.1, 0.15) is 142 Å². The first kappa shape index (κ1) is 46.8. The number of rotatable bonds is 27. The Bertz CT molecular complexity index is 1550. The molecule has 0 aromatic heterocycles. The Labute approximate surface area is 326 Å². The minimum Gasteiger partial charge on any atom is -0.489 e. The standard InChI is InChI=1S/C42H56BF9NO3/c1-5-9-10-11-12-13-14-15-16-17-18-19-20-21-22-23-36(53(6-2,7-3)8-4)38-37(28-35(48)41(51)42(38)52)56-43(54-29-24-31(44)39(49)32(45)25-29)55-30-26-33(46)40(50)34(47)27-30/h24-28,36H,5-23H2,1-4H3/q+1. The van der Waals surface area contributed by atoms with E-state index in [1.54, 1.807) is 0 Å². The van der Waals surface area contributed by atoms with E-state index in [4.69, 9.17) is 14.0 Å².